The molecule has 0 aliphatic heterocycles. The van der Waals surface area contributed by atoms with E-state index in [4.69, 9.17) is 9.47 Å². The van der Waals surface area contributed by atoms with Gasteiger partial charge in [0.05, 0.1) is 0 Å². The van der Waals surface area contributed by atoms with Gasteiger partial charge in [-0.2, -0.15) is 0 Å². The van der Waals surface area contributed by atoms with E-state index < -0.39 is 5.91 Å². The van der Waals surface area contributed by atoms with Gasteiger partial charge >= 0.3 is 0 Å². The van der Waals surface area contributed by atoms with Crippen LogP contribution in [0.4, 0.5) is 0 Å². The van der Waals surface area contributed by atoms with Gasteiger partial charge in [0.15, 0.2) is 0 Å². The number of rotatable bonds is 23. The maximum atomic E-state index is 5.81. The number of halogens is 1. The first kappa shape index (κ1) is 31.5. The molecule has 4 heteroatoms. The van der Waals surface area contributed by atoms with Crippen LogP contribution >= 0.6 is 17.0 Å². The van der Waals surface area contributed by atoms with E-state index in [0.29, 0.717) is 13.2 Å². The lowest BCUT2D eigenvalue weighted by Crippen LogP contribution is -2.50. The Bertz CT molecular complexity index is 297. The first-order valence-corrected chi connectivity index (χ1v) is 12.8. The van der Waals surface area contributed by atoms with Crippen molar-refractivity contribution >= 4 is 17.0 Å². The Labute approximate surface area is 194 Å². The summed E-state index contributed by atoms with van der Waals surface area (Å²) in [6.07, 6.45) is 23.4. The Morgan fingerprint density at radius 2 is 0.862 bits per heavy atom. The van der Waals surface area contributed by atoms with Gasteiger partial charge < -0.3 is 9.47 Å². The number of hydrogen-bond acceptors (Lipinski definition) is 3. The van der Waals surface area contributed by atoms with E-state index in [-0.39, 0.29) is 17.0 Å². The molecule has 0 amide bonds. The van der Waals surface area contributed by atoms with Crippen LogP contribution in [0.25, 0.3) is 0 Å². The molecule has 0 rings (SSSR count). The summed E-state index contributed by atoms with van der Waals surface area (Å²) in [4.78, 5) is 0. The number of ether oxygens (including phenoxy) is 2. The second-order valence-electron chi connectivity index (χ2n) is 8.20. The summed E-state index contributed by atoms with van der Waals surface area (Å²) in [7, 11) is 0. The van der Waals surface area contributed by atoms with Crippen LogP contribution in [0.1, 0.15) is 137 Å². The minimum Gasteiger partial charge on any atom is -0.338 e. The largest absolute Gasteiger partial charge is 0.338 e. The third-order valence-electron chi connectivity index (χ3n) is 5.65. The monoisotopic (exact) mass is 479 g/mol. The minimum absolute atomic E-state index is 0. The first-order valence-electron chi connectivity index (χ1n) is 12.8. The predicted octanol–water partition coefficient (Wildman–Crippen LogP) is 8.55. The molecular weight excluding hydrogens is 426 g/mol. The van der Waals surface area contributed by atoms with E-state index in [1.54, 1.807) is 0 Å². The molecule has 0 radical (unpaired) electrons. The Hall–Kier alpha value is 0.360. The molecule has 3 nitrogen and oxygen atoms in total. The molecule has 29 heavy (non-hydrogen) atoms. The second kappa shape index (κ2) is 24.6. The summed E-state index contributed by atoms with van der Waals surface area (Å²) in [5.74, 6) is -0.570. The lowest BCUT2D eigenvalue weighted by atomic mass is 10.0. The van der Waals surface area contributed by atoms with Crippen LogP contribution in [0.2, 0.25) is 0 Å². The maximum Gasteiger partial charge on any atom is 0.227 e. The third kappa shape index (κ3) is 20.0. The van der Waals surface area contributed by atoms with E-state index in [1.807, 2.05) is 13.8 Å². The number of hydrogen-bond donors (Lipinski definition) is 1. The molecule has 0 aromatic rings. The van der Waals surface area contributed by atoms with Crippen LogP contribution in [-0.4, -0.2) is 25.7 Å². The van der Waals surface area contributed by atoms with Gasteiger partial charge in [-0.1, -0.05) is 110 Å². The van der Waals surface area contributed by atoms with Crippen LogP contribution in [0.5, 0.6) is 0 Å². The molecule has 0 spiro atoms. The Morgan fingerprint density at radius 1 is 0.517 bits per heavy atom. The lowest BCUT2D eigenvalue weighted by Gasteiger charge is -2.33. The van der Waals surface area contributed by atoms with E-state index in [0.717, 1.165) is 13.0 Å². The number of unbranched alkanes of at least 4 members (excludes halogenated alkanes) is 15. The highest BCUT2D eigenvalue weighted by Crippen LogP contribution is 2.16. The smallest absolute Gasteiger partial charge is 0.227 e. The predicted molar refractivity (Wildman–Crippen MR) is 134 cm³/mol. The zero-order chi connectivity index (χ0) is 20.8. The minimum atomic E-state index is -0.570. The Kier molecular flexibility index (Phi) is 26.8. The molecule has 178 valence electrons. The quantitative estimate of drug-likeness (QED) is 0.117. The third-order valence-corrected chi connectivity index (χ3v) is 5.65. The summed E-state index contributed by atoms with van der Waals surface area (Å²) in [6.45, 7) is 10.8. The van der Waals surface area contributed by atoms with Crippen molar-refractivity contribution in [2.24, 2.45) is 0 Å². The Balaban J connectivity index is 0. The highest BCUT2D eigenvalue weighted by Gasteiger charge is 2.27. The van der Waals surface area contributed by atoms with Gasteiger partial charge in [0, 0.05) is 26.2 Å². The summed E-state index contributed by atoms with van der Waals surface area (Å²) in [5, 5.41) is 3.49. The fraction of sp³-hybridized carbons (Fsp3) is 1.00. The normalized spacial score (nSPS) is 11.6. The summed E-state index contributed by atoms with van der Waals surface area (Å²) in [5.41, 5.74) is 0. The first-order chi connectivity index (χ1) is 13.7. The molecule has 0 aromatic carbocycles. The van der Waals surface area contributed by atoms with Crippen molar-refractivity contribution in [3.8, 4) is 0 Å². The standard InChI is InChI=1S/C25H53NO2.BrH/c1-5-9-10-11-12-13-14-15-16-17-18-19-20-21-22-23-24-26-25(6-2,27-7-3)28-8-4;/h26H,5-24H2,1-4H3;1H. The molecule has 0 heterocycles. The lowest BCUT2D eigenvalue weighted by molar-refractivity contribution is -0.254. The van der Waals surface area contributed by atoms with E-state index in [1.165, 1.54) is 103 Å². The Morgan fingerprint density at radius 3 is 1.17 bits per heavy atom. The molecule has 0 atom stereocenters. The molecule has 0 unspecified atom stereocenters. The highest BCUT2D eigenvalue weighted by atomic mass is 79.9. The maximum absolute atomic E-state index is 5.81. The summed E-state index contributed by atoms with van der Waals surface area (Å²) < 4.78 is 11.6. The molecule has 0 fully saturated rings. The number of nitrogens with one attached hydrogen (secondary N) is 1. The van der Waals surface area contributed by atoms with Crippen LogP contribution in [-0.2, 0) is 9.47 Å². The van der Waals surface area contributed by atoms with E-state index in [9.17, 15) is 0 Å². The van der Waals surface area contributed by atoms with Crippen LogP contribution in [0.15, 0.2) is 0 Å². The molecular formula is C25H54BrNO2. The van der Waals surface area contributed by atoms with Crippen molar-refractivity contribution in [2.75, 3.05) is 19.8 Å². The van der Waals surface area contributed by atoms with Crippen molar-refractivity contribution in [3.63, 3.8) is 0 Å². The van der Waals surface area contributed by atoms with Crippen molar-refractivity contribution in [1.29, 1.82) is 0 Å². The van der Waals surface area contributed by atoms with E-state index >= 15 is 0 Å². The second-order valence-corrected chi connectivity index (χ2v) is 8.20. The molecule has 0 aliphatic rings. The average Bonchev–Trinajstić information content (AvgIpc) is 2.70. The molecule has 0 aromatic heterocycles. The van der Waals surface area contributed by atoms with Crippen LogP contribution < -0.4 is 5.32 Å². The molecule has 0 aliphatic carbocycles. The van der Waals surface area contributed by atoms with Gasteiger partial charge in [0.1, 0.15) is 0 Å². The van der Waals surface area contributed by atoms with Crippen molar-refractivity contribution < 1.29 is 9.47 Å². The van der Waals surface area contributed by atoms with Crippen LogP contribution in [0.3, 0.4) is 0 Å². The van der Waals surface area contributed by atoms with Gasteiger partial charge in [-0.05, 0) is 20.3 Å². The molecule has 0 saturated heterocycles. The average molecular weight is 481 g/mol. The zero-order valence-corrected chi connectivity index (χ0v) is 22.1. The van der Waals surface area contributed by atoms with Crippen molar-refractivity contribution in [3.05, 3.63) is 0 Å². The van der Waals surface area contributed by atoms with E-state index in [2.05, 4.69) is 19.2 Å². The summed E-state index contributed by atoms with van der Waals surface area (Å²) in [6, 6.07) is 0. The fourth-order valence-corrected chi connectivity index (χ4v) is 3.89. The zero-order valence-electron chi connectivity index (χ0n) is 20.4. The fourth-order valence-electron chi connectivity index (χ4n) is 3.89. The van der Waals surface area contributed by atoms with Gasteiger partial charge in [-0.3, -0.25) is 5.32 Å². The highest BCUT2D eigenvalue weighted by molar-refractivity contribution is 8.93. The topological polar surface area (TPSA) is 30.5 Å². The molecule has 1 N–H and O–H groups in total. The van der Waals surface area contributed by atoms with Gasteiger partial charge in [0.2, 0.25) is 5.91 Å². The van der Waals surface area contributed by atoms with Crippen LogP contribution in [0, 0.1) is 0 Å². The molecule has 0 saturated carbocycles. The van der Waals surface area contributed by atoms with Gasteiger partial charge in [0.25, 0.3) is 0 Å². The SMILES string of the molecule is Br.CCCCCCCCCCCCCCCCCCNC(CC)(OCC)OCC. The van der Waals surface area contributed by atoms with Gasteiger partial charge in [-0.15, -0.1) is 17.0 Å². The summed E-state index contributed by atoms with van der Waals surface area (Å²) >= 11 is 0. The van der Waals surface area contributed by atoms with Crippen molar-refractivity contribution in [2.45, 2.75) is 143 Å². The van der Waals surface area contributed by atoms with Gasteiger partial charge in [-0.25, -0.2) is 0 Å². The molecule has 0 bridgehead atoms. The van der Waals surface area contributed by atoms with Crippen molar-refractivity contribution in [1.82, 2.24) is 5.32 Å².